The summed E-state index contributed by atoms with van der Waals surface area (Å²) in [5.74, 6) is -1.78. The molecule has 6 rings (SSSR count). The summed E-state index contributed by atoms with van der Waals surface area (Å²) < 4.78 is 5.75. The van der Waals surface area contributed by atoms with Gasteiger partial charge in [0, 0.05) is 60.9 Å². The van der Waals surface area contributed by atoms with Gasteiger partial charge in [-0.25, -0.2) is 0 Å². The molecule has 6 amide bonds. The second kappa shape index (κ2) is 11.6. The van der Waals surface area contributed by atoms with Crippen LogP contribution >= 0.6 is 0 Å². The van der Waals surface area contributed by atoms with Crippen LogP contribution in [0.1, 0.15) is 73.7 Å². The van der Waals surface area contributed by atoms with E-state index in [1.54, 1.807) is 36.4 Å². The third-order valence-corrected chi connectivity index (χ3v) is 7.24. The van der Waals surface area contributed by atoms with Crippen molar-refractivity contribution in [2.24, 2.45) is 0 Å². The number of nitrogens with zero attached hydrogens (tertiary/aromatic N) is 2. The Hall–Kier alpha value is -4.74. The first kappa shape index (κ1) is 28.3. The van der Waals surface area contributed by atoms with Crippen molar-refractivity contribution in [2.75, 3.05) is 11.5 Å². The highest BCUT2D eigenvalue weighted by Crippen LogP contribution is 2.32. The predicted octanol–water partition coefficient (Wildman–Crippen LogP) is 1.33. The molecule has 4 heterocycles. The molecule has 6 N–H and O–H groups in total. The maximum absolute atomic E-state index is 12.3. The van der Waals surface area contributed by atoms with Crippen molar-refractivity contribution < 1.29 is 30.1 Å². The number of rotatable bonds is 2. The molecule has 0 aromatic heterocycles. The van der Waals surface area contributed by atoms with Crippen molar-refractivity contribution in [2.45, 2.75) is 65.7 Å². The van der Waals surface area contributed by atoms with Gasteiger partial charge in [-0.3, -0.25) is 39.4 Å². The molecule has 0 bridgehead atoms. The van der Waals surface area contributed by atoms with Crippen molar-refractivity contribution in [3.05, 3.63) is 58.7 Å². The van der Waals surface area contributed by atoms with Gasteiger partial charge in [0.25, 0.3) is 11.8 Å². The fourth-order valence-electron chi connectivity index (χ4n) is 5.22. The predicted molar refractivity (Wildman–Crippen MR) is 147 cm³/mol. The van der Waals surface area contributed by atoms with Gasteiger partial charge in [0.1, 0.15) is 12.1 Å². The normalized spacial score (nSPS) is 21.5. The highest BCUT2D eigenvalue weighted by molar-refractivity contribution is 6.07. The number of piperidine rings is 2. The lowest BCUT2D eigenvalue weighted by Gasteiger charge is -2.29. The zero-order valence-electron chi connectivity index (χ0n) is 22.4. The Morgan fingerprint density at radius 1 is 0.675 bits per heavy atom. The van der Waals surface area contributed by atoms with Crippen LogP contribution in [0.25, 0.3) is 0 Å². The molecule has 212 valence electrons. The molecule has 0 spiro atoms. The molecule has 2 aromatic carbocycles. The standard InChI is InChI=1S/2C13H13N3O3.2CH4/c2*14-9-3-1-2-7-8(9)6-16(13(7)19)10-4-5-11(17)15-12(10)18;;/h2*1-3,10H,4-6,14H2,(H,15,17,18);2*1H4/i;;1D;. The molecule has 4 aliphatic rings. The first-order chi connectivity index (χ1) is 19.2. The number of carbonyl (C=O) groups is 6. The second-order valence-corrected chi connectivity index (χ2v) is 9.55. The van der Waals surface area contributed by atoms with Gasteiger partial charge in [-0.05, 0) is 37.1 Å². The highest BCUT2D eigenvalue weighted by Gasteiger charge is 2.40. The molecule has 2 atom stereocenters. The Morgan fingerprint density at radius 2 is 1.05 bits per heavy atom. The molecule has 40 heavy (non-hydrogen) atoms. The van der Waals surface area contributed by atoms with Crippen molar-refractivity contribution in [1.29, 1.82) is 0 Å². The second-order valence-electron chi connectivity index (χ2n) is 9.55. The number of carbonyl (C=O) groups excluding carboxylic acids is 6. The van der Waals surface area contributed by atoms with Crippen LogP contribution in [-0.4, -0.2) is 57.3 Å². The largest absolute Gasteiger partial charge is 0.398 e. The number of hydrogen-bond donors (Lipinski definition) is 4. The molecule has 0 aliphatic carbocycles. The van der Waals surface area contributed by atoms with Crippen molar-refractivity contribution in [3.63, 3.8) is 0 Å². The summed E-state index contributed by atoms with van der Waals surface area (Å²) in [7, 11) is 1.25. The average molecular weight is 552 g/mol. The van der Waals surface area contributed by atoms with E-state index in [-0.39, 0.29) is 43.9 Å². The lowest BCUT2D eigenvalue weighted by molar-refractivity contribution is -0.138. The minimum Gasteiger partial charge on any atom is -0.398 e. The molecule has 2 unspecified atom stereocenters. The van der Waals surface area contributed by atoms with E-state index < -0.39 is 23.9 Å². The van der Waals surface area contributed by atoms with E-state index in [1.807, 2.05) is 0 Å². The summed E-state index contributed by atoms with van der Waals surface area (Å²) in [6.07, 6.45) is 1.24. The van der Waals surface area contributed by atoms with Gasteiger partial charge in [-0.2, -0.15) is 0 Å². The monoisotopic (exact) mass is 551 g/mol. The molecule has 0 saturated carbocycles. The number of fused-ring (bicyclic) bond motifs is 2. The fourth-order valence-corrected chi connectivity index (χ4v) is 5.22. The summed E-state index contributed by atoms with van der Waals surface area (Å²) in [4.78, 5) is 73.4. The van der Waals surface area contributed by atoms with Gasteiger partial charge in [-0.15, -0.1) is 0 Å². The van der Waals surface area contributed by atoms with Crippen LogP contribution < -0.4 is 22.1 Å². The van der Waals surface area contributed by atoms with Crippen LogP contribution in [0.2, 0.25) is 0 Å². The van der Waals surface area contributed by atoms with Gasteiger partial charge in [0.2, 0.25) is 23.6 Å². The van der Waals surface area contributed by atoms with Crippen LogP contribution in [0.4, 0.5) is 11.4 Å². The van der Waals surface area contributed by atoms with E-state index in [1.165, 1.54) is 17.2 Å². The Labute approximate surface area is 233 Å². The smallest absolute Gasteiger partial charge is 0.255 e. The quantitative estimate of drug-likeness (QED) is 0.318. The maximum atomic E-state index is 12.3. The first-order valence-corrected chi connectivity index (χ1v) is 12.2. The Balaban J connectivity index is 0.000000208. The minimum atomic E-state index is -0.586. The van der Waals surface area contributed by atoms with Gasteiger partial charge in [0.05, 0.1) is 0 Å². The molecule has 4 aliphatic heterocycles. The lowest BCUT2D eigenvalue weighted by Crippen LogP contribution is -2.52. The molecule has 12 nitrogen and oxygen atoms in total. The van der Waals surface area contributed by atoms with Crippen LogP contribution in [0.3, 0.4) is 0 Å². The summed E-state index contributed by atoms with van der Waals surface area (Å²) in [5.41, 5.74) is 15.4. The number of nitrogens with two attached hydrogens (primary N) is 2. The molecule has 2 aromatic rings. The molecule has 2 fully saturated rings. The number of nitrogen functional groups attached to an aromatic ring is 2. The van der Waals surface area contributed by atoms with Crippen molar-refractivity contribution in [3.8, 4) is 0 Å². The van der Waals surface area contributed by atoms with E-state index in [0.29, 0.717) is 48.4 Å². The number of amides is 6. The van der Waals surface area contributed by atoms with Gasteiger partial charge < -0.3 is 21.3 Å². The van der Waals surface area contributed by atoms with Crippen LogP contribution in [0.15, 0.2) is 36.4 Å². The zero-order chi connectivity index (χ0) is 29.1. The van der Waals surface area contributed by atoms with Gasteiger partial charge in [-0.1, -0.05) is 27.0 Å². The fraction of sp³-hybridized carbons (Fsp3) is 0.357. The number of hydrogen-bond acceptors (Lipinski definition) is 8. The number of imide groups is 2. The van der Waals surface area contributed by atoms with Gasteiger partial charge in [0.15, 0.2) is 0 Å². The SMILES string of the molecule is C.Nc1cccc2c1CN(C1CCC(=O)NC1=O)C2=O.Nc1cccc2c1CN(C1CCC(=O)NC1=O)C2=O.[2H]C. The van der Waals surface area contributed by atoms with E-state index in [2.05, 4.69) is 10.6 Å². The molecule has 2 saturated heterocycles. The third-order valence-electron chi connectivity index (χ3n) is 7.24. The number of nitrogens with one attached hydrogen (secondary N) is 2. The Morgan fingerprint density at radius 3 is 1.38 bits per heavy atom. The topological polar surface area (TPSA) is 185 Å². The first-order valence-electron chi connectivity index (χ1n) is 13.2. The summed E-state index contributed by atoms with van der Waals surface area (Å²) in [6.45, 7) is 0.653. The lowest BCUT2D eigenvalue weighted by atomic mass is 10.0. The van der Waals surface area contributed by atoms with E-state index >= 15 is 0 Å². The molecule has 0 radical (unpaired) electrons. The highest BCUT2D eigenvalue weighted by atomic mass is 16.2. The summed E-state index contributed by atoms with van der Waals surface area (Å²) in [6, 6.07) is 9.16. The third kappa shape index (κ3) is 5.24. The van der Waals surface area contributed by atoms with E-state index in [9.17, 15) is 28.8 Å². The summed E-state index contributed by atoms with van der Waals surface area (Å²) >= 11 is 0. The van der Waals surface area contributed by atoms with Crippen LogP contribution in [0, 0.1) is 0 Å². The maximum Gasteiger partial charge on any atom is 0.255 e. The molecular formula is C28H34N6O6. The molecular weight excluding hydrogens is 516 g/mol. The number of anilines is 2. The van der Waals surface area contributed by atoms with E-state index in [0.717, 1.165) is 11.1 Å². The van der Waals surface area contributed by atoms with E-state index in [4.69, 9.17) is 12.8 Å². The van der Waals surface area contributed by atoms with Gasteiger partial charge >= 0.3 is 0 Å². The summed E-state index contributed by atoms with van der Waals surface area (Å²) in [5, 5.41) is 4.53. The van der Waals surface area contributed by atoms with Crippen LogP contribution in [0.5, 0.6) is 0 Å². The van der Waals surface area contributed by atoms with Crippen LogP contribution in [-0.2, 0) is 32.3 Å². The average Bonchev–Trinajstić information content (AvgIpc) is 3.44. The van der Waals surface area contributed by atoms with Crippen molar-refractivity contribution in [1.82, 2.24) is 20.4 Å². The number of benzene rings is 2. The zero-order valence-corrected chi connectivity index (χ0v) is 21.4. The minimum absolute atomic E-state index is 0. The Bertz CT molecular complexity index is 1310. The molecule has 12 heteroatoms. The van der Waals surface area contributed by atoms with Crippen molar-refractivity contribution >= 4 is 46.8 Å². The Kier molecular flexibility index (Phi) is 8.17.